The molecule has 0 aliphatic heterocycles. The van der Waals surface area contributed by atoms with E-state index in [1.807, 2.05) is 68.4 Å². The Hall–Kier alpha value is -1.94. The van der Waals surface area contributed by atoms with Crippen LogP contribution < -0.4 is 10.1 Å². The molecule has 110 valence electrons. The van der Waals surface area contributed by atoms with Crippen molar-refractivity contribution in [3.8, 4) is 5.75 Å². The van der Waals surface area contributed by atoms with Crippen LogP contribution in [0.3, 0.4) is 0 Å². The summed E-state index contributed by atoms with van der Waals surface area (Å²) in [5.74, 6) is 0.801. The van der Waals surface area contributed by atoms with Gasteiger partial charge < -0.3 is 10.1 Å². The molecule has 0 heterocycles. The lowest BCUT2D eigenvalue weighted by Crippen LogP contribution is -2.22. The van der Waals surface area contributed by atoms with Gasteiger partial charge in [0, 0.05) is 10.6 Å². The van der Waals surface area contributed by atoms with E-state index in [1.54, 1.807) is 11.8 Å². The number of hydrogen-bond donors (Lipinski definition) is 1. The van der Waals surface area contributed by atoms with Gasteiger partial charge in [0.25, 0.3) is 0 Å². The Morgan fingerprint density at radius 1 is 1.14 bits per heavy atom. The third kappa shape index (κ3) is 4.83. The lowest BCUT2D eigenvalue weighted by atomic mass is 10.3. The highest BCUT2D eigenvalue weighted by Gasteiger charge is 2.14. The highest BCUT2D eigenvalue weighted by Crippen LogP contribution is 2.24. The maximum atomic E-state index is 12.2. The normalized spacial score (nSPS) is 11.7. The van der Waals surface area contributed by atoms with Crippen LogP contribution in [0.4, 0.5) is 5.69 Å². The van der Waals surface area contributed by atoms with Crippen molar-refractivity contribution in [2.45, 2.75) is 24.0 Å². The van der Waals surface area contributed by atoms with Crippen LogP contribution >= 0.6 is 11.8 Å². The van der Waals surface area contributed by atoms with E-state index in [9.17, 15) is 4.79 Å². The van der Waals surface area contributed by atoms with Crippen molar-refractivity contribution >= 4 is 23.4 Å². The van der Waals surface area contributed by atoms with Gasteiger partial charge in [-0.3, -0.25) is 4.79 Å². The largest absolute Gasteiger partial charge is 0.494 e. The fourth-order valence-corrected chi connectivity index (χ4v) is 2.69. The maximum Gasteiger partial charge on any atom is 0.237 e. The molecule has 2 aromatic rings. The van der Waals surface area contributed by atoms with Crippen LogP contribution in [0.5, 0.6) is 5.75 Å². The molecule has 4 heteroatoms. The van der Waals surface area contributed by atoms with Crippen molar-refractivity contribution in [3.05, 3.63) is 54.6 Å². The molecule has 1 atom stereocenters. The molecule has 0 saturated heterocycles. The van der Waals surface area contributed by atoms with Gasteiger partial charge in [-0.2, -0.15) is 0 Å². The minimum Gasteiger partial charge on any atom is -0.494 e. The topological polar surface area (TPSA) is 38.3 Å². The molecular formula is C17H19NO2S. The van der Waals surface area contributed by atoms with Gasteiger partial charge in [0.2, 0.25) is 5.91 Å². The molecule has 0 bridgehead atoms. The third-order valence-electron chi connectivity index (χ3n) is 2.86. The number of carbonyl (C=O) groups excluding carboxylic acids is 1. The average Bonchev–Trinajstić information content (AvgIpc) is 2.50. The van der Waals surface area contributed by atoms with Gasteiger partial charge in [-0.15, -0.1) is 11.8 Å². The van der Waals surface area contributed by atoms with Crippen LogP contribution in [0, 0.1) is 0 Å². The Balaban J connectivity index is 1.91. The Morgan fingerprint density at radius 2 is 1.81 bits per heavy atom. The fraction of sp³-hybridized carbons (Fsp3) is 0.235. The van der Waals surface area contributed by atoms with Crippen LogP contribution in [0.15, 0.2) is 59.5 Å². The number of carbonyl (C=O) groups is 1. The number of rotatable bonds is 6. The lowest BCUT2D eigenvalue weighted by molar-refractivity contribution is -0.115. The number of nitrogens with one attached hydrogen (secondary N) is 1. The second kappa shape index (κ2) is 7.74. The molecule has 1 amide bonds. The maximum absolute atomic E-state index is 12.2. The zero-order valence-electron chi connectivity index (χ0n) is 12.2. The standard InChI is InChI=1S/C17H19NO2S/c1-3-20-15-11-9-14(10-12-15)18-17(19)13(2)21-16-7-5-4-6-8-16/h4-13H,3H2,1-2H3,(H,18,19)/t13-/m1/s1. The summed E-state index contributed by atoms with van der Waals surface area (Å²) in [6.45, 7) is 4.48. The summed E-state index contributed by atoms with van der Waals surface area (Å²) in [7, 11) is 0. The Kier molecular flexibility index (Phi) is 5.69. The van der Waals surface area contributed by atoms with Crippen molar-refractivity contribution in [3.63, 3.8) is 0 Å². The van der Waals surface area contributed by atoms with Gasteiger partial charge in [-0.05, 0) is 50.2 Å². The molecule has 1 N–H and O–H groups in total. The zero-order chi connectivity index (χ0) is 15.1. The highest BCUT2D eigenvalue weighted by molar-refractivity contribution is 8.00. The summed E-state index contributed by atoms with van der Waals surface area (Å²) in [6, 6.07) is 17.3. The number of hydrogen-bond acceptors (Lipinski definition) is 3. The van der Waals surface area contributed by atoms with Crippen LogP contribution in [-0.4, -0.2) is 17.8 Å². The minimum atomic E-state index is -0.154. The van der Waals surface area contributed by atoms with E-state index in [1.165, 1.54) is 0 Å². The predicted octanol–water partition coefficient (Wildman–Crippen LogP) is 4.20. The van der Waals surface area contributed by atoms with Crippen molar-refractivity contribution in [2.75, 3.05) is 11.9 Å². The number of benzene rings is 2. The number of thioether (sulfide) groups is 1. The summed E-state index contributed by atoms with van der Waals surface area (Å²) in [6.07, 6.45) is 0. The van der Waals surface area contributed by atoms with Crippen LogP contribution in [0.2, 0.25) is 0 Å². The molecule has 2 rings (SSSR count). The van der Waals surface area contributed by atoms with Crippen molar-refractivity contribution in [2.24, 2.45) is 0 Å². The van der Waals surface area contributed by atoms with Crippen LogP contribution in [-0.2, 0) is 4.79 Å². The molecule has 3 nitrogen and oxygen atoms in total. The summed E-state index contributed by atoms with van der Waals surface area (Å²) in [5.41, 5.74) is 0.781. The molecule has 21 heavy (non-hydrogen) atoms. The van der Waals surface area contributed by atoms with E-state index in [-0.39, 0.29) is 11.2 Å². The number of ether oxygens (including phenoxy) is 1. The van der Waals surface area contributed by atoms with Gasteiger partial charge in [-0.25, -0.2) is 0 Å². The van der Waals surface area contributed by atoms with E-state index in [2.05, 4.69) is 5.32 Å². The first-order valence-electron chi connectivity index (χ1n) is 6.94. The smallest absolute Gasteiger partial charge is 0.237 e. The summed E-state index contributed by atoms with van der Waals surface area (Å²) in [4.78, 5) is 13.3. The second-order valence-electron chi connectivity index (χ2n) is 4.52. The first-order chi connectivity index (χ1) is 10.2. The molecule has 2 aromatic carbocycles. The highest BCUT2D eigenvalue weighted by atomic mass is 32.2. The molecule has 0 saturated carbocycles. The van der Waals surface area contributed by atoms with Gasteiger partial charge >= 0.3 is 0 Å². The molecule has 0 aliphatic rings. The minimum absolute atomic E-state index is 0.00647. The average molecular weight is 301 g/mol. The van der Waals surface area contributed by atoms with E-state index < -0.39 is 0 Å². The quantitative estimate of drug-likeness (QED) is 0.812. The van der Waals surface area contributed by atoms with Crippen molar-refractivity contribution in [1.29, 1.82) is 0 Å². The van der Waals surface area contributed by atoms with Gasteiger partial charge in [-0.1, -0.05) is 18.2 Å². The van der Waals surface area contributed by atoms with Crippen LogP contribution in [0.25, 0.3) is 0 Å². The zero-order valence-corrected chi connectivity index (χ0v) is 13.0. The summed E-state index contributed by atoms with van der Waals surface area (Å²) in [5, 5.41) is 2.76. The van der Waals surface area contributed by atoms with Crippen molar-refractivity contribution in [1.82, 2.24) is 0 Å². The van der Waals surface area contributed by atoms with E-state index in [0.717, 1.165) is 16.3 Å². The summed E-state index contributed by atoms with van der Waals surface area (Å²) >= 11 is 1.55. The second-order valence-corrected chi connectivity index (χ2v) is 5.93. The molecular weight excluding hydrogens is 282 g/mol. The molecule has 0 aliphatic carbocycles. The molecule has 0 aromatic heterocycles. The fourth-order valence-electron chi connectivity index (χ4n) is 1.80. The van der Waals surface area contributed by atoms with Gasteiger partial charge in [0.15, 0.2) is 0 Å². The number of amides is 1. The van der Waals surface area contributed by atoms with Gasteiger partial charge in [0.1, 0.15) is 5.75 Å². The molecule has 0 fully saturated rings. The first kappa shape index (κ1) is 15.4. The van der Waals surface area contributed by atoms with Gasteiger partial charge in [0.05, 0.1) is 11.9 Å². The number of anilines is 1. The molecule has 0 radical (unpaired) electrons. The van der Waals surface area contributed by atoms with Crippen LogP contribution in [0.1, 0.15) is 13.8 Å². The Labute approximate surface area is 129 Å². The summed E-state index contributed by atoms with van der Waals surface area (Å²) < 4.78 is 5.38. The first-order valence-corrected chi connectivity index (χ1v) is 7.82. The monoisotopic (exact) mass is 301 g/mol. The SMILES string of the molecule is CCOc1ccc(NC(=O)[C@@H](C)Sc2ccccc2)cc1. The third-order valence-corrected chi connectivity index (χ3v) is 3.97. The Morgan fingerprint density at radius 3 is 2.43 bits per heavy atom. The van der Waals surface area contributed by atoms with E-state index in [0.29, 0.717) is 6.61 Å². The van der Waals surface area contributed by atoms with E-state index in [4.69, 9.17) is 4.74 Å². The molecule has 0 unspecified atom stereocenters. The predicted molar refractivity (Wildman–Crippen MR) is 88.0 cm³/mol. The lowest BCUT2D eigenvalue weighted by Gasteiger charge is -2.12. The Bertz CT molecular complexity index is 569. The van der Waals surface area contributed by atoms with E-state index >= 15 is 0 Å². The van der Waals surface area contributed by atoms with Crippen molar-refractivity contribution < 1.29 is 9.53 Å². The molecule has 0 spiro atoms.